The minimum atomic E-state index is -1.38. The van der Waals surface area contributed by atoms with E-state index in [1.165, 1.54) is 6.07 Å². The van der Waals surface area contributed by atoms with Crippen molar-refractivity contribution in [3.63, 3.8) is 0 Å². The number of amides is 2. The molecular formula is C19H23N5O4. The van der Waals surface area contributed by atoms with Crippen molar-refractivity contribution in [2.45, 2.75) is 45.1 Å². The fourth-order valence-corrected chi connectivity index (χ4v) is 3.06. The summed E-state index contributed by atoms with van der Waals surface area (Å²) in [5.74, 6) is -1.37. The van der Waals surface area contributed by atoms with Crippen LogP contribution in [0.3, 0.4) is 0 Å². The third kappa shape index (κ3) is 3.88. The van der Waals surface area contributed by atoms with Crippen LogP contribution < -0.4 is 11.1 Å². The van der Waals surface area contributed by atoms with E-state index >= 15 is 0 Å². The largest absolute Gasteiger partial charge is 0.444 e. The number of primary amides is 1. The molecule has 2 amide bonds. The maximum Gasteiger partial charge on any atom is 0.357 e. The number of carbonyl (C=O) groups excluding carboxylic acids is 3. The van der Waals surface area contributed by atoms with Crippen LogP contribution in [0.25, 0.3) is 0 Å². The summed E-state index contributed by atoms with van der Waals surface area (Å²) in [6.45, 7) is 5.33. The van der Waals surface area contributed by atoms with Crippen molar-refractivity contribution in [1.82, 2.24) is 15.2 Å². The Kier molecular flexibility index (Phi) is 5.17. The standard InChI is InChI=1S/C19H23N5O4/c1-10(2)16(25)22-15-7-14(23-24-15)12-8-19(9-12,18(20)27)28-17(26)13-6-4-5-11(3)21-13/h4-7,10,12H,8-9H2,1-3H3,(H2,20,27)(H2,22,23,24,25). The molecule has 9 nitrogen and oxygen atoms in total. The van der Waals surface area contributed by atoms with E-state index in [9.17, 15) is 14.4 Å². The molecule has 0 saturated heterocycles. The van der Waals surface area contributed by atoms with Crippen molar-refractivity contribution >= 4 is 23.6 Å². The number of aromatic amines is 1. The van der Waals surface area contributed by atoms with Crippen LogP contribution >= 0.6 is 0 Å². The first-order valence-electron chi connectivity index (χ1n) is 9.03. The fourth-order valence-electron chi connectivity index (χ4n) is 3.06. The van der Waals surface area contributed by atoms with Crippen LogP contribution in [0.4, 0.5) is 5.82 Å². The number of anilines is 1. The number of esters is 1. The van der Waals surface area contributed by atoms with Gasteiger partial charge in [0.15, 0.2) is 11.4 Å². The van der Waals surface area contributed by atoms with Crippen LogP contribution in [0.1, 0.15) is 54.5 Å². The third-order valence-corrected chi connectivity index (χ3v) is 4.80. The van der Waals surface area contributed by atoms with Crippen LogP contribution in [-0.4, -0.2) is 38.6 Å². The van der Waals surface area contributed by atoms with Crippen LogP contribution in [0.15, 0.2) is 24.3 Å². The number of ether oxygens (including phenoxy) is 1. The monoisotopic (exact) mass is 385 g/mol. The zero-order valence-electron chi connectivity index (χ0n) is 16.0. The molecule has 0 aliphatic heterocycles. The minimum absolute atomic E-state index is 0.0945. The Labute approximate surface area is 162 Å². The summed E-state index contributed by atoms with van der Waals surface area (Å²) in [7, 11) is 0. The van der Waals surface area contributed by atoms with Gasteiger partial charge in [-0.3, -0.25) is 14.7 Å². The summed E-state index contributed by atoms with van der Waals surface area (Å²) in [5.41, 5.74) is 5.67. The van der Waals surface area contributed by atoms with Gasteiger partial charge in [-0.1, -0.05) is 19.9 Å². The molecule has 0 aromatic carbocycles. The Morgan fingerprint density at radius 3 is 2.64 bits per heavy atom. The van der Waals surface area contributed by atoms with Gasteiger partial charge in [0.1, 0.15) is 5.69 Å². The Morgan fingerprint density at radius 1 is 1.32 bits per heavy atom. The number of hydrogen-bond donors (Lipinski definition) is 3. The second-order valence-electron chi connectivity index (χ2n) is 7.37. The second kappa shape index (κ2) is 7.41. The quantitative estimate of drug-likeness (QED) is 0.646. The first kappa shape index (κ1) is 19.5. The molecule has 1 aliphatic carbocycles. The van der Waals surface area contributed by atoms with Gasteiger partial charge in [0.2, 0.25) is 5.91 Å². The Hall–Kier alpha value is -3.23. The molecule has 2 aromatic heterocycles. The van der Waals surface area contributed by atoms with E-state index in [1.807, 2.05) is 0 Å². The smallest absolute Gasteiger partial charge is 0.357 e. The highest BCUT2D eigenvalue weighted by molar-refractivity contribution is 5.93. The lowest BCUT2D eigenvalue weighted by atomic mass is 9.68. The van der Waals surface area contributed by atoms with Crippen LogP contribution in [0.2, 0.25) is 0 Å². The zero-order valence-corrected chi connectivity index (χ0v) is 16.0. The van der Waals surface area contributed by atoms with Crippen LogP contribution in [-0.2, 0) is 14.3 Å². The lowest BCUT2D eigenvalue weighted by molar-refractivity contribution is -0.149. The molecule has 148 valence electrons. The number of aromatic nitrogens is 3. The molecule has 3 rings (SSSR count). The highest BCUT2D eigenvalue weighted by atomic mass is 16.6. The van der Waals surface area contributed by atoms with Gasteiger partial charge in [-0.15, -0.1) is 0 Å². The van der Waals surface area contributed by atoms with E-state index in [0.717, 1.165) is 5.69 Å². The van der Waals surface area contributed by atoms with Crippen LogP contribution in [0, 0.1) is 12.8 Å². The van der Waals surface area contributed by atoms with E-state index in [-0.39, 0.29) is 36.3 Å². The number of pyridine rings is 1. The Balaban J connectivity index is 1.67. The van der Waals surface area contributed by atoms with Crippen molar-refractivity contribution in [3.05, 3.63) is 41.3 Å². The number of rotatable bonds is 6. The van der Waals surface area contributed by atoms with Gasteiger partial charge in [-0.05, 0) is 19.1 Å². The van der Waals surface area contributed by atoms with Crippen molar-refractivity contribution in [2.24, 2.45) is 11.7 Å². The number of carbonyl (C=O) groups is 3. The Bertz CT molecular complexity index is 915. The molecule has 0 radical (unpaired) electrons. The van der Waals surface area contributed by atoms with E-state index in [0.29, 0.717) is 11.5 Å². The molecule has 1 aliphatic rings. The van der Waals surface area contributed by atoms with Crippen molar-refractivity contribution in [1.29, 1.82) is 0 Å². The van der Waals surface area contributed by atoms with E-state index < -0.39 is 17.5 Å². The summed E-state index contributed by atoms with van der Waals surface area (Å²) >= 11 is 0. The summed E-state index contributed by atoms with van der Waals surface area (Å²) in [5, 5.41) is 9.61. The lowest BCUT2D eigenvalue weighted by Crippen LogP contribution is -2.56. The average molecular weight is 385 g/mol. The number of nitrogens with one attached hydrogen (secondary N) is 2. The first-order chi connectivity index (χ1) is 13.2. The molecule has 1 saturated carbocycles. The SMILES string of the molecule is Cc1cccc(C(=O)OC2(C(N)=O)CC(c3cc(NC(=O)C(C)C)n[nH]3)C2)n1. The number of H-pyrrole nitrogens is 1. The number of nitrogens with zero attached hydrogens (tertiary/aromatic N) is 2. The summed E-state index contributed by atoms with van der Waals surface area (Å²) in [4.78, 5) is 40.2. The lowest BCUT2D eigenvalue weighted by Gasteiger charge is -2.43. The molecule has 0 atom stereocenters. The summed E-state index contributed by atoms with van der Waals surface area (Å²) in [6.07, 6.45) is 0.472. The van der Waals surface area contributed by atoms with Crippen LogP contribution in [0.5, 0.6) is 0 Å². The van der Waals surface area contributed by atoms with Crippen molar-refractivity contribution in [3.8, 4) is 0 Å². The molecule has 0 unspecified atom stereocenters. The molecule has 1 fully saturated rings. The minimum Gasteiger partial charge on any atom is -0.444 e. The maximum atomic E-state index is 12.4. The molecule has 2 aromatic rings. The number of hydrogen-bond acceptors (Lipinski definition) is 6. The van der Waals surface area contributed by atoms with E-state index in [4.69, 9.17) is 10.5 Å². The predicted octanol–water partition coefficient (Wildman–Crippen LogP) is 1.67. The molecule has 28 heavy (non-hydrogen) atoms. The average Bonchev–Trinajstić information content (AvgIpc) is 3.05. The molecule has 0 bridgehead atoms. The van der Waals surface area contributed by atoms with Gasteiger partial charge < -0.3 is 15.8 Å². The number of aryl methyl sites for hydroxylation is 1. The summed E-state index contributed by atoms with van der Waals surface area (Å²) < 4.78 is 5.45. The van der Waals surface area contributed by atoms with Gasteiger partial charge >= 0.3 is 5.97 Å². The topological polar surface area (TPSA) is 140 Å². The second-order valence-corrected chi connectivity index (χ2v) is 7.37. The van der Waals surface area contributed by atoms with E-state index in [2.05, 4.69) is 20.5 Å². The molecule has 9 heteroatoms. The van der Waals surface area contributed by atoms with Gasteiger partial charge in [0.05, 0.1) is 0 Å². The number of nitrogens with two attached hydrogens (primary N) is 1. The zero-order chi connectivity index (χ0) is 20.5. The molecule has 0 spiro atoms. The van der Waals surface area contributed by atoms with Gasteiger partial charge in [-0.25, -0.2) is 9.78 Å². The molecule has 2 heterocycles. The van der Waals surface area contributed by atoms with Gasteiger partial charge in [0, 0.05) is 42.1 Å². The van der Waals surface area contributed by atoms with Crippen molar-refractivity contribution in [2.75, 3.05) is 5.32 Å². The normalized spacial score (nSPS) is 21.1. The van der Waals surface area contributed by atoms with Gasteiger partial charge in [-0.2, -0.15) is 5.10 Å². The summed E-state index contributed by atoms with van der Waals surface area (Å²) in [6, 6.07) is 6.68. The van der Waals surface area contributed by atoms with E-state index in [1.54, 1.807) is 39.0 Å². The Morgan fingerprint density at radius 2 is 2.04 bits per heavy atom. The predicted molar refractivity (Wildman–Crippen MR) is 100 cm³/mol. The fraction of sp³-hybridized carbons (Fsp3) is 0.421. The third-order valence-electron chi connectivity index (χ3n) is 4.80. The van der Waals surface area contributed by atoms with Crippen molar-refractivity contribution < 1.29 is 19.1 Å². The highest BCUT2D eigenvalue weighted by Crippen LogP contribution is 2.47. The molecular weight excluding hydrogens is 362 g/mol. The van der Waals surface area contributed by atoms with Gasteiger partial charge in [0.25, 0.3) is 5.91 Å². The maximum absolute atomic E-state index is 12.4. The molecule has 4 N–H and O–H groups in total. The highest BCUT2D eigenvalue weighted by Gasteiger charge is 2.53. The first-order valence-corrected chi connectivity index (χ1v) is 9.03.